The Morgan fingerprint density at radius 3 is 2.91 bits per heavy atom. The number of nitrogens with one attached hydrogen (secondary N) is 2. The molecule has 34 heavy (non-hydrogen) atoms. The third-order valence-corrected chi connectivity index (χ3v) is 6.68. The van der Waals surface area contributed by atoms with Crippen LogP contribution in [-0.2, 0) is 21.0 Å². The van der Waals surface area contributed by atoms with Crippen molar-refractivity contribution < 1.29 is 22.5 Å². The number of aliphatic hydroxyl groups is 1. The fraction of sp³-hybridized carbons (Fsp3) is 0.350. The van der Waals surface area contributed by atoms with Gasteiger partial charge in [-0.3, -0.25) is 13.7 Å². The SMILES string of the molecule is CNS(=O)(=O)O[C@@H]1C[C@H](Nc2ncncc2C(=O)c2ccn(Cc3cccc(Br)n3)n2)C[C@@H]1O. The van der Waals surface area contributed by atoms with Gasteiger partial charge in [0.15, 0.2) is 0 Å². The molecular weight excluding hydrogens is 530 g/mol. The zero-order valence-corrected chi connectivity index (χ0v) is 20.4. The molecule has 0 saturated heterocycles. The molecule has 0 bridgehead atoms. The maximum absolute atomic E-state index is 13.1. The van der Waals surface area contributed by atoms with E-state index >= 15 is 0 Å². The first-order valence-corrected chi connectivity index (χ1v) is 12.5. The van der Waals surface area contributed by atoms with E-state index in [9.17, 15) is 18.3 Å². The number of rotatable bonds is 9. The lowest BCUT2D eigenvalue weighted by atomic mass is 10.1. The minimum Gasteiger partial charge on any atom is -0.390 e. The summed E-state index contributed by atoms with van der Waals surface area (Å²) in [6, 6.07) is 6.78. The second kappa shape index (κ2) is 10.2. The van der Waals surface area contributed by atoms with Crippen LogP contribution in [0.25, 0.3) is 0 Å². The first-order chi connectivity index (χ1) is 16.2. The summed E-state index contributed by atoms with van der Waals surface area (Å²) in [7, 11) is -2.72. The number of ketones is 1. The second-order valence-electron chi connectivity index (χ2n) is 7.64. The number of anilines is 1. The van der Waals surface area contributed by atoms with Crippen molar-refractivity contribution in [2.45, 2.75) is 37.6 Å². The molecule has 180 valence electrons. The summed E-state index contributed by atoms with van der Waals surface area (Å²) in [5, 5.41) is 17.7. The lowest BCUT2D eigenvalue weighted by Gasteiger charge is -2.15. The van der Waals surface area contributed by atoms with E-state index in [2.05, 4.69) is 46.0 Å². The highest BCUT2D eigenvalue weighted by Crippen LogP contribution is 2.27. The molecule has 1 fully saturated rings. The van der Waals surface area contributed by atoms with E-state index in [1.807, 2.05) is 18.2 Å². The van der Waals surface area contributed by atoms with Crippen molar-refractivity contribution in [1.82, 2.24) is 29.5 Å². The lowest BCUT2D eigenvalue weighted by molar-refractivity contribution is 0.0636. The highest BCUT2D eigenvalue weighted by molar-refractivity contribution is 9.10. The van der Waals surface area contributed by atoms with Crippen LogP contribution < -0.4 is 10.0 Å². The van der Waals surface area contributed by atoms with Gasteiger partial charge in [0.1, 0.15) is 28.5 Å². The van der Waals surface area contributed by atoms with Crippen molar-refractivity contribution >= 4 is 37.8 Å². The largest absolute Gasteiger partial charge is 0.390 e. The molecule has 0 amide bonds. The molecule has 4 rings (SSSR count). The smallest absolute Gasteiger partial charge is 0.335 e. The zero-order chi connectivity index (χ0) is 24.3. The Kier molecular flexibility index (Phi) is 7.33. The van der Waals surface area contributed by atoms with E-state index in [0.717, 1.165) is 5.69 Å². The Labute approximate surface area is 204 Å². The van der Waals surface area contributed by atoms with Gasteiger partial charge in [0, 0.05) is 25.5 Å². The fourth-order valence-corrected chi connectivity index (χ4v) is 4.64. The van der Waals surface area contributed by atoms with E-state index in [4.69, 9.17) is 4.18 Å². The average Bonchev–Trinajstić information content (AvgIpc) is 3.40. The molecule has 1 aliphatic carbocycles. The topological polar surface area (TPSA) is 161 Å². The Balaban J connectivity index is 1.46. The highest BCUT2D eigenvalue weighted by atomic mass is 79.9. The van der Waals surface area contributed by atoms with Crippen LogP contribution in [-0.4, -0.2) is 69.3 Å². The van der Waals surface area contributed by atoms with Crippen LogP contribution in [0.3, 0.4) is 0 Å². The number of carbonyl (C=O) groups is 1. The molecule has 3 heterocycles. The third kappa shape index (κ3) is 5.82. The summed E-state index contributed by atoms with van der Waals surface area (Å²) < 4.78 is 32.7. The first-order valence-electron chi connectivity index (χ1n) is 10.3. The van der Waals surface area contributed by atoms with Crippen molar-refractivity contribution in [3.8, 4) is 0 Å². The Bertz CT molecular complexity index is 1290. The number of pyridine rings is 1. The monoisotopic (exact) mass is 551 g/mol. The van der Waals surface area contributed by atoms with Crippen molar-refractivity contribution in [2.75, 3.05) is 12.4 Å². The number of hydrogen-bond donors (Lipinski definition) is 3. The lowest BCUT2D eigenvalue weighted by Crippen LogP contribution is -2.31. The predicted octanol–water partition coefficient (Wildman–Crippen LogP) is 0.894. The average molecular weight is 552 g/mol. The molecule has 1 aliphatic rings. The number of nitrogens with zero attached hydrogens (tertiary/aromatic N) is 5. The summed E-state index contributed by atoms with van der Waals surface area (Å²) in [5.41, 5.74) is 1.19. The zero-order valence-electron chi connectivity index (χ0n) is 18.0. The normalized spacial score (nSPS) is 20.4. The molecule has 0 aliphatic heterocycles. The van der Waals surface area contributed by atoms with Crippen molar-refractivity contribution in [1.29, 1.82) is 0 Å². The van der Waals surface area contributed by atoms with Gasteiger partial charge in [-0.25, -0.2) is 15.0 Å². The number of aliphatic hydroxyl groups excluding tert-OH is 1. The summed E-state index contributed by atoms with van der Waals surface area (Å²) in [5.74, 6) is -0.120. The van der Waals surface area contributed by atoms with Crippen LogP contribution in [0.4, 0.5) is 5.82 Å². The summed E-state index contributed by atoms with van der Waals surface area (Å²) in [6.45, 7) is 0.389. The minimum atomic E-state index is -3.95. The Morgan fingerprint density at radius 2 is 2.15 bits per heavy atom. The Hall–Kier alpha value is -2.78. The quantitative estimate of drug-likeness (QED) is 0.257. The van der Waals surface area contributed by atoms with Crippen molar-refractivity contribution in [2.24, 2.45) is 0 Å². The molecule has 3 aromatic rings. The highest BCUT2D eigenvalue weighted by Gasteiger charge is 2.37. The van der Waals surface area contributed by atoms with Gasteiger partial charge < -0.3 is 10.4 Å². The maximum atomic E-state index is 13.1. The van der Waals surface area contributed by atoms with Gasteiger partial charge in [-0.1, -0.05) is 6.07 Å². The van der Waals surface area contributed by atoms with Crippen LogP contribution in [0.5, 0.6) is 0 Å². The van der Waals surface area contributed by atoms with Gasteiger partial charge in [0.2, 0.25) is 5.78 Å². The van der Waals surface area contributed by atoms with Crippen molar-refractivity contribution in [3.05, 3.63) is 64.5 Å². The van der Waals surface area contributed by atoms with Crippen LogP contribution in [0.2, 0.25) is 0 Å². The molecule has 0 aromatic carbocycles. The standard InChI is InChI=1S/C20H22BrN7O5S/c1-22-34(31,32)33-17-8-13(7-16(17)29)26-20-14(9-23-11-24-20)19(30)15-5-6-28(27-15)10-12-3-2-4-18(21)25-12/h2-6,9,11,13,16-17,22,29H,7-8,10H2,1H3,(H,23,24,26)/t13-,16+,17-/m1/s1. The summed E-state index contributed by atoms with van der Waals surface area (Å²) >= 11 is 3.33. The van der Waals surface area contributed by atoms with Gasteiger partial charge >= 0.3 is 10.3 Å². The number of aromatic nitrogens is 5. The molecule has 1 saturated carbocycles. The van der Waals surface area contributed by atoms with Gasteiger partial charge in [0.25, 0.3) is 0 Å². The fourth-order valence-electron chi connectivity index (χ4n) is 3.63. The molecule has 0 radical (unpaired) electrons. The molecule has 3 aromatic heterocycles. The molecule has 0 unspecified atom stereocenters. The van der Waals surface area contributed by atoms with E-state index in [1.54, 1.807) is 16.9 Å². The van der Waals surface area contributed by atoms with Crippen LogP contribution in [0, 0.1) is 0 Å². The third-order valence-electron chi connectivity index (χ3n) is 5.24. The molecule has 3 N–H and O–H groups in total. The van der Waals surface area contributed by atoms with E-state index in [0.29, 0.717) is 11.1 Å². The van der Waals surface area contributed by atoms with Crippen LogP contribution in [0.1, 0.15) is 34.6 Å². The predicted molar refractivity (Wildman–Crippen MR) is 124 cm³/mol. The van der Waals surface area contributed by atoms with Gasteiger partial charge in [-0.15, -0.1) is 0 Å². The summed E-state index contributed by atoms with van der Waals surface area (Å²) in [4.78, 5) is 25.6. The number of carbonyl (C=O) groups excluding carboxylic acids is 1. The van der Waals surface area contributed by atoms with E-state index in [1.165, 1.54) is 19.6 Å². The van der Waals surface area contributed by atoms with E-state index in [-0.39, 0.29) is 41.7 Å². The van der Waals surface area contributed by atoms with Crippen molar-refractivity contribution in [3.63, 3.8) is 0 Å². The number of halogens is 1. The number of hydrogen-bond acceptors (Lipinski definition) is 10. The molecule has 3 atom stereocenters. The van der Waals surface area contributed by atoms with Crippen LogP contribution >= 0.6 is 15.9 Å². The summed E-state index contributed by atoms with van der Waals surface area (Å²) in [6.07, 6.45) is 2.87. The maximum Gasteiger partial charge on any atom is 0.335 e. The van der Waals surface area contributed by atoms with Crippen LogP contribution in [0.15, 0.2) is 47.6 Å². The Morgan fingerprint density at radius 1 is 1.32 bits per heavy atom. The minimum absolute atomic E-state index is 0.202. The first kappa shape index (κ1) is 24.3. The van der Waals surface area contributed by atoms with Gasteiger partial charge in [-0.05, 0) is 47.0 Å². The molecule has 12 nitrogen and oxygen atoms in total. The molecular formula is C20H22BrN7O5S. The molecule has 14 heteroatoms. The van der Waals surface area contributed by atoms with Gasteiger partial charge in [-0.2, -0.15) is 18.2 Å². The van der Waals surface area contributed by atoms with E-state index < -0.39 is 22.5 Å². The molecule has 0 spiro atoms. The second-order valence-corrected chi connectivity index (χ2v) is 9.96. The van der Waals surface area contributed by atoms with Gasteiger partial charge in [0.05, 0.1) is 23.9 Å².